The third kappa shape index (κ3) is 7.96. The van der Waals surface area contributed by atoms with Gasteiger partial charge in [-0.15, -0.1) is 0 Å². The number of Topliss-reactive ketones (excluding diaryl/α,β-unsaturated/α-hetero) is 1. The molecule has 2 aliphatic heterocycles. The highest BCUT2D eigenvalue weighted by atomic mass is 16.7. The molecule has 3 N–H and O–H groups in total. The molecule has 4 unspecified atom stereocenters. The molecule has 0 aromatic carbocycles. The SMILES string of the molecule is CC[C@H]1OC(=O)[CH][C@@H](O)[C@H](C)[C@@H](OC2OC(C)CC(N(C)C)C2O)[C@@H](C)C[C@@H](C)C(=O)[C@H](C)[C@@H](O)[C@H]1C. The first-order valence-electron chi connectivity index (χ1n) is 13.8. The molecule has 2 rings (SSSR count). The predicted molar refractivity (Wildman–Crippen MR) is 139 cm³/mol. The lowest BCUT2D eigenvalue weighted by molar-refractivity contribution is -0.281. The topological polar surface area (TPSA) is 126 Å². The third-order valence-electron chi connectivity index (χ3n) is 8.46. The zero-order valence-corrected chi connectivity index (χ0v) is 24.0. The molecule has 37 heavy (non-hydrogen) atoms. The number of ketones is 1. The Bertz CT molecular complexity index is 748. The first kappa shape index (κ1) is 32.1. The minimum atomic E-state index is -1.19. The molecule has 0 amide bonds. The van der Waals surface area contributed by atoms with E-state index in [1.807, 2.05) is 46.7 Å². The lowest BCUT2D eigenvalue weighted by Gasteiger charge is -2.44. The molecule has 0 spiro atoms. The van der Waals surface area contributed by atoms with Crippen LogP contribution in [0.5, 0.6) is 0 Å². The third-order valence-corrected chi connectivity index (χ3v) is 8.46. The number of nitrogens with zero attached hydrogens (tertiary/aromatic N) is 1. The Morgan fingerprint density at radius 2 is 1.59 bits per heavy atom. The van der Waals surface area contributed by atoms with E-state index in [0.717, 1.165) is 6.42 Å². The molecule has 13 atom stereocenters. The van der Waals surface area contributed by atoms with Crippen LogP contribution in [-0.2, 0) is 23.8 Å². The fourth-order valence-electron chi connectivity index (χ4n) is 5.92. The number of cyclic esters (lactones) is 1. The van der Waals surface area contributed by atoms with Crippen LogP contribution in [0.2, 0.25) is 0 Å². The minimum Gasteiger partial charge on any atom is -0.462 e. The normalized spacial score (nSPS) is 45.4. The number of rotatable bonds is 4. The van der Waals surface area contributed by atoms with E-state index in [1.54, 1.807) is 20.8 Å². The zero-order valence-electron chi connectivity index (χ0n) is 24.0. The van der Waals surface area contributed by atoms with Gasteiger partial charge >= 0.3 is 5.97 Å². The first-order chi connectivity index (χ1) is 17.2. The van der Waals surface area contributed by atoms with Crippen molar-refractivity contribution >= 4 is 11.8 Å². The van der Waals surface area contributed by atoms with E-state index in [-0.39, 0.29) is 29.8 Å². The summed E-state index contributed by atoms with van der Waals surface area (Å²) in [4.78, 5) is 28.0. The molecule has 2 saturated heterocycles. The van der Waals surface area contributed by atoms with E-state index >= 15 is 0 Å². The number of aliphatic hydroxyl groups is 3. The Hall–Kier alpha value is -1.10. The summed E-state index contributed by atoms with van der Waals surface area (Å²) < 4.78 is 18.0. The van der Waals surface area contributed by atoms with Gasteiger partial charge in [0.15, 0.2) is 6.29 Å². The molecular formula is C28H50NO8. The van der Waals surface area contributed by atoms with E-state index in [0.29, 0.717) is 19.3 Å². The molecular weight excluding hydrogens is 478 g/mol. The molecule has 0 aromatic rings. The number of carbonyl (C=O) groups is 2. The van der Waals surface area contributed by atoms with Crippen LogP contribution in [0.25, 0.3) is 0 Å². The number of ether oxygens (including phenoxy) is 3. The van der Waals surface area contributed by atoms with Crippen molar-refractivity contribution in [2.24, 2.45) is 29.6 Å². The average molecular weight is 529 g/mol. The molecule has 1 radical (unpaired) electrons. The van der Waals surface area contributed by atoms with E-state index in [2.05, 4.69) is 0 Å². The average Bonchev–Trinajstić information content (AvgIpc) is 2.84. The van der Waals surface area contributed by atoms with E-state index < -0.39 is 60.5 Å². The quantitative estimate of drug-likeness (QED) is 0.471. The van der Waals surface area contributed by atoms with Crippen molar-refractivity contribution in [3.8, 4) is 0 Å². The summed E-state index contributed by atoms with van der Waals surface area (Å²) in [6.45, 7) is 12.8. The molecule has 2 aliphatic rings. The number of esters is 1. The number of carbonyl (C=O) groups excluding carboxylic acids is 2. The Labute approximate surface area is 222 Å². The second kappa shape index (κ2) is 13.8. The molecule has 2 heterocycles. The van der Waals surface area contributed by atoms with Crippen molar-refractivity contribution in [2.45, 2.75) is 117 Å². The van der Waals surface area contributed by atoms with Crippen LogP contribution in [0.1, 0.15) is 67.7 Å². The van der Waals surface area contributed by atoms with Crippen LogP contribution in [0.4, 0.5) is 0 Å². The van der Waals surface area contributed by atoms with Crippen LogP contribution in [0.15, 0.2) is 0 Å². The van der Waals surface area contributed by atoms with Crippen molar-refractivity contribution in [3.63, 3.8) is 0 Å². The summed E-state index contributed by atoms with van der Waals surface area (Å²) in [5.74, 6) is -3.00. The van der Waals surface area contributed by atoms with E-state index in [9.17, 15) is 24.9 Å². The number of likely N-dealkylation sites (N-methyl/N-ethyl adjacent to an activating group) is 1. The van der Waals surface area contributed by atoms with Gasteiger partial charge in [0.25, 0.3) is 0 Å². The maximum absolute atomic E-state index is 13.3. The molecule has 0 aliphatic carbocycles. The van der Waals surface area contributed by atoms with Gasteiger partial charge in [-0.25, -0.2) is 0 Å². The number of aliphatic hydroxyl groups excluding tert-OH is 3. The fraction of sp³-hybridized carbons (Fsp3) is 0.893. The summed E-state index contributed by atoms with van der Waals surface area (Å²) in [7, 11) is 3.79. The number of hydrogen-bond acceptors (Lipinski definition) is 9. The Kier molecular flexibility index (Phi) is 12.0. The predicted octanol–water partition coefficient (Wildman–Crippen LogP) is 2.20. The van der Waals surface area contributed by atoms with Gasteiger partial charge in [-0.05, 0) is 46.2 Å². The smallest absolute Gasteiger partial charge is 0.312 e. The molecule has 0 bridgehead atoms. The van der Waals surface area contributed by atoms with Crippen LogP contribution >= 0.6 is 0 Å². The van der Waals surface area contributed by atoms with Gasteiger partial charge in [-0.1, -0.05) is 41.5 Å². The Morgan fingerprint density at radius 1 is 0.973 bits per heavy atom. The second-order valence-corrected chi connectivity index (χ2v) is 11.7. The van der Waals surface area contributed by atoms with Crippen molar-refractivity contribution in [2.75, 3.05) is 14.1 Å². The molecule has 0 aromatic heterocycles. The number of hydrogen-bond donors (Lipinski definition) is 3. The maximum Gasteiger partial charge on any atom is 0.312 e. The monoisotopic (exact) mass is 528 g/mol. The van der Waals surface area contributed by atoms with Crippen molar-refractivity contribution in [3.05, 3.63) is 6.42 Å². The molecule has 9 heteroatoms. The Morgan fingerprint density at radius 3 is 2.16 bits per heavy atom. The van der Waals surface area contributed by atoms with Gasteiger partial charge in [0.2, 0.25) is 0 Å². The van der Waals surface area contributed by atoms with Gasteiger partial charge in [0.05, 0.1) is 30.8 Å². The van der Waals surface area contributed by atoms with Crippen LogP contribution < -0.4 is 0 Å². The minimum absolute atomic E-state index is 0.0711. The summed E-state index contributed by atoms with van der Waals surface area (Å²) in [6, 6.07) is -0.167. The molecule has 0 saturated carbocycles. The fourth-order valence-corrected chi connectivity index (χ4v) is 5.92. The highest BCUT2D eigenvalue weighted by Gasteiger charge is 2.43. The van der Waals surface area contributed by atoms with Gasteiger partial charge in [-0.3, -0.25) is 9.59 Å². The highest BCUT2D eigenvalue weighted by molar-refractivity contribution is 5.83. The maximum atomic E-state index is 13.3. The van der Waals surface area contributed by atoms with Crippen molar-refractivity contribution < 1.29 is 39.1 Å². The van der Waals surface area contributed by atoms with E-state index in [1.165, 1.54) is 0 Å². The summed E-state index contributed by atoms with van der Waals surface area (Å²) in [5.41, 5.74) is 0. The Balaban J connectivity index is 2.37. The lowest BCUT2D eigenvalue weighted by atomic mass is 9.78. The largest absolute Gasteiger partial charge is 0.462 e. The highest BCUT2D eigenvalue weighted by Crippen LogP contribution is 2.34. The van der Waals surface area contributed by atoms with Crippen molar-refractivity contribution in [1.82, 2.24) is 4.90 Å². The standard InChI is InChI=1S/C28H50NO8/c1-10-22-18(6)25(33)19(7)24(32)14(2)11-15(3)27(17(5)21(30)13-23(31)36-22)37-28-26(34)20(29(8)9)12-16(4)35-28/h13-22,25-28,30,33-34H,10-12H2,1-9H3/t14-,15+,16?,17+,18+,19+,20?,21-,22-,25+,26?,27+,28?/m1/s1. The van der Waals surface area contributed by atoms with Crippen LogP contribution in [0, 0.1) is 36.0 Å². The summed E-state index contributed by atoms with van der Waals surface area (Å²) in [5, 5.41) is 33.0. The summed E-state index contributed by atoms with van der Waals surface area (Å²) >= 11 is 0. The molecule has 9 nitrogen and oxygen atoms in total. The van der Waals surface area contributed by atoms with Gasteiger partial charge in [0.1, 0.15) is 18.0 Å². The van der Waals surface area contributed by atoms with Gasteiger partial charge in [0, 0.05) is 29.7 Å². The van der Waals surface area contributed by atoms with Crippen molar-refractivity contribution in [1.29, 1.82) is 0 Å². The van der Waals surface area contributed by atoms with Crippen LogP contribution in [-0.4, -0.2) is 95.0 Å². The second-order valence-electron chi connectivity index (χ2n) is 11.7. The van der Waals surface area contributed by atoms with Crippen LogP contribution in [0.3, 0.4) is 0 Å². The van der Waals surface area contributed by atoms with E-state index in [4.69, 9.17) is 14.2 Å². The first-order valence-corrected chi connectivity index (χ1v) is 13.8. The lowest BCUT2D eigenvalue weighted by Crippen LogP contribution is -2.56. The van der Waals surface area contributed by atoms with Gasteiger partial charge < -0.3 is 34.4 Å². The molecule has 2 fully saturated rings. The molecule has 215 valence electrons. The van der Waals surface area contributed by atoms with Gasteiger partial charge in [-0.2, -0.15) is 0 Å². The summed E-state index contributed by atoms with van der Waals surface area (Å²) in [6.07, 6.45) is -2.68. The zero-order chi connectivity index (χ0) is 28.2.